The zero-order valence-corrected chi connectivity index (χ0v) is 7.97. The average molecular weight is 251 g/mol. The summed E-state index contributed by atoms with van der Waals surface area (Å²) in [6.07, 6.45) is 0. The first-order valence-corrected chi connectivity index (χ1v) is 3.84. The molecule has 0 aromatic carbocycles. The molecule has 0 amide bonds. The molecule has 0 saturated heterocycles. The first-order chi connectivity index (χ1) is 5.60. The SMILES string of the molecule is Nc1nc(N)nc(N)n1.O=[CH][Mo]. The standard InChI is InChI=1S/C3H6N6.CHO.Mo/c4-1-7-2(5)9-3(6)8-1;1-2;/h(H6,4,5,6,7,8,9);1H;. The first-order valence-electron chi connectivity index (χ1n) is 2.68. The summed E-state index contributed by atoms with van der Waals surface area (Å²) in [5, 5.41) is 0. The molecule has 0 unspecified atom stereocenters. The maximum absolute atomic E-state index is 8.81. The molecule has 1 rings (SSSR count). The van der Waals surface area contributed by atoms with Crippen molar-refractivity contribution in [1.82, 2.24) is 15.0 Å². The van der Waals surface area contributed by atoms with Gasteiger partial charge in [0.2, 0.25) is 17.8 Å². The Hall–Kier alpha value is -1.23. The Kier molecular flexibility index (Phi) is 4.87. The Bertz CT molecular complexity index is 215. The quantitative estimate of drug-likeness (QED) is 0.371. The van der Waals surface area contributed by atoms with E-state index in [1.54, 1.807) is 0 Å². The summed E-state index contributed by atoms with van der Waals surface area (Å²) < 4.78 is 0.760. The number of nitrogens with two attached hydrogens (primary N) is 3. The van der Waals surface area contributed by atoms with Crippen LogP contribution in [-0.4, -0.2) is 19.6 Å². The van der Waals surface area contributed by atoms with E-state index in [9.17, 15) is 0 Å². The van der Waals surface area contributed by atoms with E-state index in [1.807, 2.05) is 0 Å². The molecular formula is C4H7MoN6O. The minimum atomic E-state index is 0.0417. The molecule has 1 heterocycles. The Morgan fingerprint density at radius 3 is 1.33 bits per heavy atom. The number of hydrogen-bond donors (Lipinski definition) is 3. The minimum absolute atomic E-state index is 0.0417. The third-order valence-corrected chi connectivity index (χ3v) is 0.687. The van der Waals surface area contributed by atoms with E-state index in [0.29, 0.717) is 0 Å². The van der Waals surface area contributed by atoms with Crippen LogP contribution in [0.5, 0.6) is 0 Å². The molecule has 1 aromatic heterocycles. The Balaban J connectivity index is 0.000000354. The Morgan fingerprint density at radius 1 is 1.00 bits per heavy atom. The second-order valence-corrected chi connectivity index (χ2v) is 1.98. The molecule has 7 nitrogen and oxygen atoms in total. The molecule has 1 aromatic rings. The fourth-order valence-electron chi connectivity index (χ4n) is 0.427. The molecular weight excluding hydrogens is 244 g/mol. The van der Waals surface area contributed by atoms with Gasteiger partial charge in [-0.3, -0.25) is 0 Å². The third kappa shape index (κ3) is 4.56. The van der Waals surface area contributed by atoms with Gasteiger partial charge < -0.3 is 17.2 Å². The molecule has 0 spiro atoms. The van der Waals surface area contributed by atoms with Gasteiger partial charge in [-0.2, -0.15) is 15.0 Å². The number of hydrogen-bond acceptors (Lipinski definition) is 7. The van der Waals surface area contributed by atoms with Crippen LogP contribution in [0.15, 0.2) is 0 Å². The second-order valence-electron chi connectivity index (χ2n) is 1.51. The summed E-state index contributed by atoms with van der Waals surface area (Å²) in [7, 11) is 0. The molecule has 0 saturated carbocycles. The van der Waals surface area contributed by atoms with Gasteiger partial charge in [0.25, 0.3) is 0 Å². The van der Waals surface area contributed by atoms with Gasteiger partial charge in [-0.15, -0.1) is 0 Å². The predicted molar refractivity (Wildman–Crippen MR) is 39.8 cm³/mol. The van der Waals surface area contributed by atoms with E-state index in [2.05, 4.69) is 15.0 Å². The fourth-order valence-corrected chi connectivity index (χ4v) is 0.427. The Labute approximate surface area is 79.7 Å². The van der Waals surface area contributed by atoms with E-state index >= 15 is 0 Å². The molecule has 0 aliphatic heterocycles. The summed E-state index contributed by atoms with van der Waals surface area (Å²) in [4.78, 5) is 19.3. The number of rotatable bonds is 0. The van der Waals surface area contributed by atoms with Gasteiger partial charge in [-0.25, -0.2) is 0 Å². The van der Waals surface area contributed by atoms with Crippen LogP contribution < -0.4 is 17.2 Å². The van der Waals surface area contributed by atoms with Crippen molar-refractivity contribution in [3.05, 3.63) is 0 Å². The van der Waals surface area contributed by atoms with Gasteiger partial charge in [0.05, 0.1) is 0 Å². The second kappa shape index (κ2) is 5.42. The van der Waals surface area contributed by atoms with Crippen molar-refractivity contribution >= 4 is 22.5 Å². The van der Waals surface area contributed by atoms with Crippen LogP contribution in [0.2, 0.25) is 0 Å². The van der Waals surface area contributed by atoms with Gasteiger partial charge in [0.1, 0.15) is 0 Å². The van der Waals surface area contributed by atoms with Gasteiger partial charge in [0.15, 0.2) is 0 Å². The molecule has 0 aliphatic rings. The van der Waals surface area contributed by atoms with Crippen molar-refractivity contribution in [2.45, 2.75) is 0 Å². The van der Waals surface area contributed by atoms with Crippen molar-refractivity contribution < 1.29 is 24.6 Å². The molecule has 65 valence electrons. The topological polar surface area (TPSA) is 134 Å². The number of anilines is 3. The van der Waals surface area contributed by atoms with Crippen LogP contribution in [0.4, 0.5) is 17.8 Å². The summed E-state index contributed by atoms with van der Waals surface area (Å²) in [5.74, 6) is 0.125. The summed E-state index contributed by atoms with van der Waals surface area (Å²) in [6, 6.07) is 0. The number of aromatic nitrogens is 3. The molecule has 0 fully saturated rings. The van der Waals surface area contributed by atoms with Crippen LogP contribution in [-0.2, 0) is 24.6 Å². The van der Waals surface area contributed by atoms with Gasteiger partial charge in [-0.05, 0) is 0 Å². The van der Waals surface area contributed by atoms with Crippen LogP contribution in [0, 0.1) is 0 Å². The van der Waals surface area contributed by atoms with Crippen LogP contribution in [0.3, 0.4) is 0 Å². The predicted octanol–water partition coefficient (Wildman–Crippen LogP) is -1.66. The van der Waals surface area contributed by atoms with E-state index in [0.717, 1.165) is 4.68 Å². The van der Waals surface area contributed by atoms with E-state index in [-0.39, 0.29) is 17.8 Å². The third-order valence-electron chi connectivity index (χ3n) is 0.687. The van der Waals surface area contributed by atoms with Crippen LogP contribution in [0.1, 0.15) is 0 Å². The van der Waals surface area contributed by atoms with Crippen molar-refractivity contribution in [2.24, 2.45) is 0 Å². The molecule has 0 bridgehead atoms. The average Bonchev–Trinajstić information content (AvgIpc) is 1.84. The van der Waals surface area contributed by atoms with E-state index in [4.69, 9.17) is 22.0 Å². The van der Waals surface area contributed by atoms with Gasteiger partial charge in [0, 0.05) is 0 Å². The first kappa shape index (κ1) is 10.8. The van der Waals surface area contributed by atoms with Gasteiger partial charge >= 0.3 is 29.3 Å². The number of nitrogens with zero attached hydrogens (tertiary/aromatic N) is 3. The van der Waals surface area contributed by atoms with E-state index < -0.39 is 0 Å². The number of nitrogen functional groups attached to an aromatic ring is 3. The molecule has 12 heavy (non-hydrogen) atoms. The van der Waals surface area contributed by atoms with Crippen molar-refractivity contribution in [3.63, 3.8) is 0 Å². The zero-order chi connectivity index (χ0) is 9.56. The Morgan fingerprint density at radius 2 is 1.17 bits per heavy atom. The fraction of sp³-hybridized carbons (Fsp3) is 0. The molecule has 0 aliphatic carbocycles. The number of carbonyl (C=O) groups is 1. The van der Waals surface area contributed by atoms with Crippen LogP contribution in [0.25, 0.3) is 0 Å². The summed E-state index contributed by atoms with van der Waals surface area (Å²) in [6.45, 7) is 0. The van der Waals surface area contributed by atoms with Crippen molar-refractivity contribution in [2.75, 3.05) is 17.2 Å². The maximum atomic E-state index is 8.81. The monoisotopic (exact) mass is 253 g/mol. The molecule has 8 heteroatoms. The van der Waals surface area contributed by atoms with Gasteiger partial charge in [-0.1, -0.05) is 0 Å². The summed E-state index contributed by atoms with van der Waals surface area (Å²) in [5.41, 5.74) is 15.4. The van der Waals surface area contributed by atoms with Crippen molar-refractivity contribution in [1.29, 1.82) is 0 Å². The zero-order valence-electron chi connectivity index (χ0n) is 5.97. The number of carbonyl (C=O) groups excluding carboxylic acids is 1. The van der Waals surface area contributed by atoms with Crippen LogP contribution >= 0.6 is 0 Å². The molecule has 0 radical (unpaired) electrons. The molecule has 6 N–H and O–H groups in total. The van der Waals surface area contributed by atoms with E-state index in [1.165, 1.54) is 19.8 Å². The summed E-state index contributed by atoms with van der Waals surface area (Å²) >= 11 is 1.39. The normalized spacial score (nSPS) is 8.00. The molecule has 0 atom stereocenters. The van der Waals surface area contributed by atoms with Crippen molar-refractivity contribution in [3.8, 4) is 0 Å².